The average Bonchev–Trinajstić information content (AvgIpc) is 3.34. The molecule has 3 aliphatic rings. The van der Waals surface area contributed by atoms with Gasteiger partial charge in [0.05, 0.1) is 11.7 Å². The number of hydrogen-bond acceptors (Lipinski definition) is 4. The molecule has 2 aliphatic carbocycles. The van der Waals surface area contributed by atoms with Crippen molar-refractivity contribution in [2.45, 2.75) is 119 Å². The van der Waals surface area contributed by atoms with Crippen LogP contribution in [0.5, 0.6) is 0 Å². The largest absolute Gasteiger partial charge is 0.508 e. The van der Waals surface area contributed by atoms with Gasteiger partial charge in [-0.15, -0.1) is 0 Å². The molecule has 0 spiro atoms. The van der Waals surface area contributed by atoms with E-state index in [0.29, 0.717) is 29.8 Å². The minimum absolute atomic E-state index is 0.0165. The molecule has 0 aromatic heterocycles. The second kappa shape index (κ2) is 18.1. The molecule has 1 aliphatic heterocycles. The lowest BCUT2D eigenvalue weighted by Gasteiger charge is -2.42. The third-order valence-electron chi connectivity index (χ3n) is 7.36. The number of nitrogens with zero attached hydrogens (tertiary/aromatic N) is 1. The van der Waals surface area contributed by atoms with Crippen molar-refractivity contribution < 1.29 is 22.7 Å². The Labute approximate surface area is 264 Å². The summed E-state index contributed by atoms with van der Waals surface area (Å²) in [6.45, 7) is 25.0. The van der Waals surface area contributed by atoms with E-state index >= 15 is 0 Å². The molecule has 0 fully saturated rings. The quantitative estimate of drug-likeness (QED) is 0.173. The number of halogens is 4. The number of benzene rings is 1. The molecule has 250 valence electrons. The van der Waals surface area contributed by atoms with Crippen LogP contribution >= 0.6 is 0 Å². The molecule has 0 amide bonds. The maximum atomic E-state index is 14.1. The maximum Gasteiger partial charge on any atom is 0.270 e. The number of alkyl halides is 4. The minimum Gasteiger partial charge on any atom is -0.508 e. The maximum absolute atomic E-state index is 14.1. The number of anilines is 1. The van der Waals surface area contributed by atoms with Gasteiger partial charge < -0.3 is 21.1 Å². The Morgan fingerprint density at radius 1 is 1.07 bits per heavy atom. The third-order valence-corrected chi connectivity index (χ3v) is 7.36. The van der Waals surface area contributed by atoms with Crippen molar-refractivity contribution in [1.29, 1.82) is 0 Å². The summed E-state index contributed by atoms with van der Waals surface area (Å²) < 4.78 is 56.2. The standard InChI is InChI=1S/C21H27F4N3.C9H12O.3C2H6/c1-12-15-10-14(20(2,22)23)11-16(18(26)21(3,24)25)17(15)27-19(28(12)4)13-8-6-5-7-9-13;1-6-4-7(2)9(5-6)8(3)10;3*1-2/h8,10-11,18-19,27H,1,5-7,9,26H2,2-4H3;4-5,7,10H,3H2,1-2H3;3*1-2H3. The molecule has 0 bridgehead atoms. The molecule has 0 radical (unpaired) electrons. The number of nitrogens with two attached hydrogens (primary N) is 1. The summed E-state index contributed by atoms with van der Waals surface area (Å²) in [5, 5.41) is 12.3. The zero-order valence-electron chi connectivity index (χ0n) is 28.8. The highest BCUT2D eigenvalue weighted by molar-refractivity contribution is 5.81. The Bertz CT molecular complexity index is 1190. The monoisotopic (exact) mass is 623 g/mol. The van der Waals surface area contributed by atoms with Crippen LogP contribution in [0.1, 0.15) is 118 Å². The van der Waals surface area contributed by atoms with Gasteiger partial charge in [0, 0.05) is 49.2 Å². The molecule has 3 unspecified atom stereocenters. The summed E-state index contributed by atoms with van der Waals surface area (Å²) in [6.07, 6.45) is 9.98. The van der Waals surface area contributed by atoms with E-state index in [2.05, 4.69) is 30.6 Å². The van der Waals surface area contributed by atoms with E-state index in [1.54, 1.807) is 0 Å². The number of aliphatic hydroxyl groups is 1. The van der Waals surface area contributed by atoms with Gasteiger partial charge in [-0.25, -0.2) is 17.6 Å². The van der Waals surface area contributed by atoms with Crippen LogP contribution in [0.25, 0.3) is 5.70 Å². The highest BCUT2D eigenvalue weighted by Crippen LogP contribution is 2.45. The van der Waals surface area contributed by atoms with Crippen LogP contribution in [0.3, 0.4) is 0 Å². The van der Waals surface area contributed by atoms with Crippen LogP contribution < -0.4 is 11.1 Å². The minimum atomic E-state index is -3.26. The van der Waals surface area contributed by atoms with E-state index in [1.807, 2.05) is 73.4 Å². The van der Waals surface area contributed by atoms with Gasteiger partial charge in [0.1, 0.15) is 11.9 Å². The number of hydrogen-bond donors (Lipinski definition) is 3. The zero-order valence-corrected chi connectivity index (χ0v) is 28.8. The van der Waals surface area contributed by atoms with Crippen LogP contribution in [0.4, 0.5) is 23.2 Å². The van der Waals surface area contributed by atoms with E-state index in [9.17, 15) is 17.6 Å². The van der Waals surface area contributed by atoms with Crippen molar-refractivity contribution >= 4 is 11.4 Å². The van der Waals surface area contributed by atoms with Gasteiger partial charge in [-0.1, -0.05) is 85.4 Å². The van der Waals surface area contributed by atoms with Gasteiger partial charge in [0.15, 0.2) is 0 Å². The van der Waals surface area contributed by atoms with E-state index in [4.69, 9.17) is 10.8 Å². The van der Waals surface area contributed by atoms with Crippen LogP contribution in [0.2, 0.25) is 0 Å². The molecule has 44 heavy (non-hydrogen) atoms. The molecule has 1 aromatic carbocycles. The lowest BCUT2D eigenvalue weighted by atomic mass is 9.88. The van der Waals surface area contributed by atoms with Gasteiger partial charge >= 0.3 is 0 Å². The number of fused-ring (bicyclic) bond motifs is 1. The van der Waals surface area contributed by atoms with Crippen LogP contribution in [0, 0.1) is 5.92 Å². The number of likely N-dealkylation sites (N-methyl/N-ethyl adjacent to an activating group) is 1. The Balaban J connectivity index is 0.000000963. The third kappa shape index (κ3) is 10.6. The molecule has 3 atom stereocenters. The van der Waals surface area contributed by atoms with E-state index in [0.717, 1.165) is 49.8 Å². The molecular formula is C36H57F4N3O. The van der Waals surface area contributed by atoms with Crippen LogP contribution in [-0.2, 0) is 5.92 Å². The Morgan fingerprint density at radius 2 is 1.64 bits per heavy atom. The fraction of sp³-hybridized carbons (Fsp3) is 0.556. The van der Waals surface area contributed by atoms with Gasteiger partial charge in [0.25, 0.3) is 11.8 Å². The number of nitrogens with one attached hydrogen (secondary N) is 1. The van der Waals surface area contributed by atoms with Gasteiger partial charge in [0.2, 0.25) is 0 Å². The Morgan fingerprint density at radius 3 is 2.02 bits per heavy atom. The first kappa shape index (κ1) is 41.0. The van der Waals surface area contributed by atoms with E-state index < -0.39 is 17.9 Å². The second-order valence-corrected chi connectivity index (χ2v) is 10.7. The van der Waals surface area contributed by atoms with Gasteiger partial charge in [-0.05, 0) is 55.9 Å². The van der Waals surface area contributed by atoms with Crippen molar-refractivity contribution in [3.63, 3.8) is 0 Å². The van der Waals surface area contributed by atoms with Crippen molar-refractivity contribution in [3.8, 4) is 0 Å². The molecule has 4 nitrogen and oxygen atoms in total. The van der Waals surface area contributed by atoms with Crippen molar-refractivity contribution in [3.05, 3.63) is 82.7 Å². The summed E-state index contributed by atoms with van der Waals surface area (Å²) in [4.78, 5) is 1.87. The fourth-order valence-corrected chi connectivity index (χ4v) is 5.11. The predicted octanol–water partition coefficient (Wildman–Crippen LogP) is 11.3. The highest BCUT2D eigenvalue weighted by atomic mass is 19.3. The lowest BCUT2D eigenvalue weighted by molar-refractivity contribution is -0.00690. The van der Waals surface area contributed by atoms with Crippen LogP contribution in [-0.4, -0.2) is 29.1 Å². The number of aliphatic hydroxyl groups excluding tert-OH is 1. The second-order valence-electron chi connectivity index (χ2n) is 10.7. The number of rotatable bonds is 5. The van der Waals surface area contributed by atoms with Crippen molar-refractivity contribution in [2.24, 2.45) is 11.7 Å². The predicted molar refractivity (Wildman–Crippen MR) is 181 cm³/mol. The summed E-state index contributed by atoms with van der Waals surface area (Å²) in [6, 6.07) is 0.698. The highest BCUT2D eigenvalue weighted by Gasteiger charge is 2.39. The van der Waals surface area contributed by atoms with Gasteiger partial charge in [-0.3, -0.25) is 0 Å². The normalized spacial score (nSPS) is 19.7. The van der Waals surface area contributed by atoms with Crippen molar-refractivity contribution in [2.75, 3.05) is 12.4 Å². The van der Waals surface area contributed by atoms with E-state index in [1.165, 1.54) is 11.6 Å². The average molecular weight is 624 g/mol. The Kier molecular flexibility index (Phi) is 16.9. The number of allylic oxidation sites excluding steroid dienone is 5. The molecule has 1 heterocycles. The fourth-order valence-electron chi connectivity index (χ4n) is 5.11. The zero-order chi connectivity index (χ0) is 34.6. The first-order valence-electron chi connectivity index (χ1n) is 15.9. The lowest BCUT2D eigenvalue weighted by Crippen LogP contribution is -2.43. The summed E-state index contributed by atoms with van der Waals surface area (Å²) >= 11 is 0. The molecular weight excluding hydrogens is 566 g/mol. The molecule has 4 N–H and O–H groups in total. The molecule has 0 saturated heterocycles. The first-order chi connectivity index (χ1) is 20.5. The Hall–Kier alpha value is -3.00. The molecule has 8 heteroatoms. The topological polar surface area (TPSA) is 61.5 Å². The van der Waals surface area contributed by atoms with Crippen molar-refractivity contribution in [1.82, 2.24) is 4.90 Å². The van der Waals surface area contributed by atoms with Gasteiger partial charge in [-0.2, -0.15) is 0 Å². The molecule has 1 aromatic rings. The summed E-state index contributed by atoms with van der Waals surface area (Å²) in [7, 11) is 1.82. The first-order valence-corrected chi connectivity index (χ1v) is 15.9. The molecule has 0 saturated carbocycles. The van der Waals surface area contributed by atoms with Crippen LogP contribution in [0.15, 0.2) is 66.0 Å². The summed E-state index contributed by atoms with van der Waals surface area (Å²) in [5.74, 6) is -5.92. The van der Waals surface area contributed by atoms with E-state index in [-0.39, 0.29) is 23.1 Å². The summed E-state index contributed by atoms with van der Waals surface area (Å²) in [5.41, 5.74) is 9.99. The smallest absolute Gasteiger partial charge is 0.270 e. The SMILES string of the molecule is C=C(O)C1=CC(C)=CC1C.C=C1c2cc(C(C)(F)F)cc(C(N)C(C)(F)F)c2NC(C2=CCCCC2)N1C.CC.CC.CC. The molecule has 4 rings (SSSR count).